The van der Waals surface area contributed by atoms with Crippen molar-refractivity contribution < 1.29 is 0 Å². The Kier molecular flexibility index (Phi) is 5.03. The van der Waals surface area contributed by atoms with Crippen LogP contribution >= 0.6 is 0 Å². The Balaban J connectivity index is 3.61. The molecule has 0 radical (unpaired) electrons. The van der Waals surface area contributed by atoms with E-state index in [1.54, 1.807) is 0 Å². The van der Waals surface area contributed by atoms with Gasteiger partial charge in [0.2, 0.25) is 0 Å². The molecule has 0 amide bonds. The SMILES string of the molecule is CC#CC(C)(C)CCCCC. The normalized spacial score (nSPS) is 10.5. The van der Waals surface area contributed by atoms with E-state index in [9.17, 15) is 0 Å². The average molecular weight is 152 g/mol. The molecule has 0 fully saturated rings. The minimum absolute atomic E-state index is 0.240. The predicted molar refractivity (Wildman–Crippen MR) is 51.4 cm³/mol. The molecule has 0 unspecified atom stereocenters. The lowest BCUT2D eigenvalue weighted by Crippen LogP contribution is -2.07. The van der Waals surface area contributed by atoms with E-state index in [-0.39, 0.29) is 5.41 Å². The third-order valence-corrected chi connectivity index (χ3v) is 1.87. The summed E-state index contributed by atoms with van der Waals surface area (Å²) < 4.78 is 0. The molecule has 0 heterocycles. The van der Waals surface area contributed by atoms with Crippen molar-refractivity contribution in [3.8, 4) is 11.8 Å². The maximum Gasteiger partial charge on any atom is 0.0258 e. The largest absolute Gasteiger partial charge is 0.106 e. The van der Waals surface area contributed by atoms with Crippen LogP contribution in [0.25, 0.3) is 0 Å². The lowest BCUT2D eigenvalue weighted by molar-refractivity contribution is 0.430. The number of rotatable bonds is 4. The van der Waals surface area contributed by atoms with Gasteiger partial charge in [-0.05, 0) is 27.2 Å². The zero-order chi connectivity index (χ0) is 8.74. The van der Waals surface area contributed by atoms with Crippen LogP contribution in [0, 0.1) is 17.3 Å². The highest BCUT2D eigenvalue weighted by molar-refractivity contribution is 5.06. The van der Waals surface area contributed by atoms with Gasteiger partial charge >= 0.3 is 0 Å². The molecule has 0 bridgehead atoms. The Hall–Kier alpha value is -0.440. The maximum absolute atomic E-state index is 3.23. The fraction of sp³-hybridized carbons (Fsp3) is 0.818. The van der Waals surface area contributed by atoms with Crippen LogP contribution < -0.4 is 0 Å². The molecule has 0 nitrogen and oxygen atoms in total. The molecule has 0 aromatic rings. The first-order valence-electron chi connectivity index (χ1n) is 4.56. The lowest BCUT2D eigenvalue weighted by Gasteiger charge is -2.16. The minimum Gasteiger partial charge on any atom is -0.106 e. The van der Waals surface area contributed by atoms with Gasteiger partial charge in [0.1, 0.15) is 0 Å². The molecule has 0 saturated heterocycles. The van der Waals surface area contributed by atoms with Crippen molar-refractivity contribution in [1.29, 1.82) is 0 Å². The highest BCUT2D eigenvalue weighted by Gasteiger charge is 2.12. The van der Waals surface area contributed by atoms with Crippen LogP contribution in [0.5, 0.6) is 0 Å². The van der Waals surface area contributed by atoms with E-state index in [0.29, 0.717) is 0 Å². The zero-order valence-electron chi connectivity index (χ0n) is 8.33. The monoisotopic (exact) mass is 152 g/mol. The van der Waals surface area contributed by atoms with Crippen molar-refractivity contribution in [1.82, 2.24) is 0 Å². The molecule has 0 saturated carbocycles. The standard InChI is InChI=1S/C11H20/c1-5-7-8-10-11(3,4)9-6-2/h5,7-8,10H2,1-4H3. The molecule has 0 heteroatoms. The summed E-state index contributed by atoms with van der Waals surface area (Å²) in [6.45, 7) is 8.60. The van der Waals surface area contributed by atoms with Gasteiger partial charge in [-0.3, -0.25) is 0 Å². The Bertz CT molecular complexity index is 143. The van der Waals surface area contributed by atoms with Gasteiger partial charge in [0.25, 0.3) is 0 Å². The molecule has 64 valence electrons. The molecule has 0 aliphatic heterocycles. The van der Waals surface area contributed by atoms with E-state index in [1.807, 2.05) is 6.92 Å². The van der Waals surface area contributed by atoms with Gasteiger partial charge in [-0.25, -0.2) is 0 Å². The van der Waals surface area contributed by atoms with Crippen molar-refractivity contribution in [2.24, 2.45) is 5.41 Å². The van der Waals surface area contributed by atoms with Crippen LogP contribution in [0.2, 0.25) is 0 Å². The molecule has 0 aliphatic rings. The highest BCUT2D eigenvalue weighted by atomic mass is 14.2. The summed E-state index contributed by atoms with van der Waals surface area (Å²) in [7, 11) is 0. The summed E-state index contributed by atoms with van der Waals surface area (Å²) in [5.74, 6) is 6.22. The summed E-state index contributed by atoms with van der Waals surface area (Å²) in [4.78, 5) is 0. The van der Waals surface area contributed by atoms with E-state index in [4.69, 9.17) is 0 Å². The number of hydrogen-bond donors (Lipinski definition) is 0. The summed E-state index contributed by atoms with van der Waals surface area (Å²) in [5.41, 5.74) is 0.240. The Labute approximate surface area is 71.4 Å². The molecule has 0 N–H and O–H groups in total. The smallest absolute Gasteiger partial charge is 0.0258 e. The third kappa shape index (κ3) is 5.98. The van der Waals surface area contributed by atoms with Gasteiger partial charge < -0.3 is 0 Å². The molecular weight excluding hydrogens is 132 g/mol. The average Bonchev–Trinajstić information content (AvgIpc) is 1.87. The van der Waals surface area contributed by atoms with Gasteiger partial charge in [-0.2, -0.15) is 0 Å². The van der Waals surface area contributed by atoms with Crippen LogP contribution in [-0.4, -0.2) is 0 Å². The topological polar surface area (TPSA) is 0 Å². The van der Waals surface area contributed by atoms with E-state index in [2.05, 4.69) is 32.6 Å². The fourth-order valence-corrected chi connectivity index (χ4v) is 1.22. The molecule has 0 rings (SSSR count). The second kappa shape index (κ2) is 5.24. The van der Waals surface area contributed by atoms with E-state index in [1.165, 1.54) is 25.7 Å². The van der Waals surface area contributed by atoms with Crippen molar-refractivity contribution in [2.45, 2.75) is 53.4 Å². The van der Waals surface area contributed by atoms with Gasteiger partial charge in [-0.1, -0.05) is 32.1 Å². The van der Waals surface area contributed by atoms with Crippen LogP contribution in [0.3, 0.4) is 0 Å². The maximum atomic E-state index is 3.23. The second-order valence-corrected chi connectivity index (χ2v) is 3.72. The van der Waals surface area contributed by atoms with E-state index in [0.717, 1.165) is 0 Å². The van der Waals surface area contributed by atoms with Crippen molar-refractivity contribution in [3.63, 3.8) is 0 Å². The van der Waals surface area contributed by atoms with Gasteiger partial charge in [0, 0.05) is 5.41 Å². The first-order chi connectivity index (χ1) is 5.12. The molecule has 0 spiro atoms. The zero-order valence-corrected chi connectivity index (χ0v) is 8.33. The molecular formula is C11H20. The number of unbranched alkanes of at least 4 members (excludes halogenated alkanes) is 2. The molecule has 0 aliphatic carbocycles. The highest BCUT2D eigenvalue weighted by Crippen LogP contribution is 2.22. The van der Waals surface area contributed by atoms with Crippen LogP contribution in [-0.2, 0) is 0 Å². The summed E-state index contributed by atoms with van der Waals surface area (Å²) in [6.07, 6.45) is 5.20. The molecule has 11 heavy (non-hydrogen) atoms. The van der Waals surface area contributed by atoms with Gasteiger partial charge in [0.15, 0.2) is 0 Å². The summed E-state index contributed by atoms with van der Waals surface area (Å²) in [5, 5.41) is 0. The van der Waals surface area contributed by atoms with Gasteiger partial charge in [-0.15, -0.1) is 5.92 Å². The van der Waals surface area contributed by atoms with E-state index >= 15 is 0 Å². The second-order valence-electron chi connectivity index (χ2n) is 3.72. The quantitative estimate of drug-likeness (QED) is 0.426. The van der Waals surface area contributed by atoms with Crippen LogP contribution in [0.1, 0.15) is 53.4 Å². The Morgan fingerprint density at radius 1 is 1.18 bits per heavy atom. The van der Waals surface area contributed by atoms with Crippen LogP contribution in [0.15, 0.2) is 0 Å². The Morgan fingerprint density at radius 3 is 2.27 bits per heavy atom. The minimum atomic E-state index is 0.240. The van der Waals surface area contributed by atoms with Crippen molar-refractivity contribution in [3.05, 3.63) is 0 Å². The van der Waals surface area contributed by atoms with E-state index < -0.39 is 0 Å². The summed E-state index contributed by atoms with van der Waals surface area (Å²) in [6, 6.07) is 0. The lowest BCUT2D eigenvalue weighted by atomic mass is 9.88. The number of hydrogen-bond acceptors (Lipinski definition) is 0. The first-order valence-corrected chi connectivity index (χ1v) is 4.56. The molecule has 0 aromatic carbocycles. The van der Waals surface area contributed by atoms with Gasteiger partial charge in [0.05, 0.1) is 0 Å². The first kappa shape index (κ1) is 10.6. The molecule has 0 aromatic heterocycles. The molecule has 0 atom stereocenters. The third-order valence-electron chi connectivity index (χ3n) is 1.87. The predicted octanol–water partition coefficient (Wildman–Crippen LogP) is 3.62. The fourth-order valence-electron chi connectivity index (χ4n) is 1.22. The Morgan fingerprint density at radius 2 is 1.82 bits per heavy atom. The van der Waals surface area contributed by atoms with Crippen LogP contribution in [0.4, 0.5) is 0 Å². The summed E-state index contributed by atoms with van der Waals surface area (Å²) >= 11 is 0. The van der Waals surface area contributed by atoms with Crippen molar-refractivity contribution in [2.75, 3.05) is 0 Å². The van der Waals surface area contributed by atoms with Crippen molar-refractivity contribution >= 4 is 0 Å².